The normalized spacial score (nSPS) is 11.7. The summed E-state index contributed by atoms with van der Waals surface area (Å²) >= 11 is 2.49. The minimum Gasteiger partial charge on any atom is -0.468 e. The van der Waals surface area contributed by atoms with E-state index in [4.69, 9.17) is 4.74 Å². The van der Waals surface area contributed by atoms with Crippen molar-refractivity contribution in [1.29, 1.82) is 0 Å². The number of ether oxygens (including phenoxy) is 1. The lowest BCUT2D eigenvalue weighted by Crippen LogP contribution is -2.19. The first-order chi connectivity index (χ1) is 11.9. The van der Waals surface area contributed by atoms with Crippen molar-refractivity contribution in [1.82, 2.24) is 10.2 Å². The molecule has 0 aliphatic carbocycles. The lowest BCUT2D eigenvalue weighted by Gasteiger charge is -2.08. The molecule has 1 heterocycles. The number of urea groups is 1. The van der Waals surface area contributed by atoms with Gasteiger partial charge in [-0.15, -0.1) is 10.2 Å². The van der Waals surface area contributed by atoms with Crippen LogP contribution in [0.4, 0.5) is 15.6 Å². The summed E-state index contributed by atoms with van der Waals surface area (Å²) in [6.45, 7) is 5.89. The van der Waals surface area contributed by atoms with E-state index in [-0.39, 0.29) is 11.2 Å². The summed E-state index contributed by atoms with van der Waals surface area (Å²) in [5, 5.41) is 13.3. The number of nitrogens with one attached hydrogen (secondary N) is 2. The van der Waals surface area contributed by atoms with E-state index in [2.05, 4.69) is 20.8 Å². The smallest absolute Gasteiger partial charge is 0.325 e. The van der Waals surface area contributed by atoms with Crippen LogP contribution in [0.5, 0.6) is 0 Å². The Balaban J connectivity index is 1.94. The van der Waals surface area contributed by atoms with Crippen LogP contribution in [0.1, 0.15) is 24.5 Å². The fourth-order valence-electron chi connectivity index (χ4n) is 1.94. The summed E-state index contributed by atoms with van der Waals surface area (Å²) in [5.41, 5.74) is 2.96. The maximum absolute atomic E-state index is 12.1. The van der Waals surface area contributed by atoms with Crippen LogP contribution < -0.4 is 10.6 Å². The monoisotopic (exact) mass is 380 g/mol. The average Bonchev–Trinajstić information content (AvgIpc) is 3.02. The number of thioether (sulfide) groups is 1. The number of methoxy groups -OCH3 is 1. The molecule has 25 heavy (non-hydrogen) atoms. The molecule has 1 aromatic carbocycles. The van der Waals surface area contributed by atoms with Gasteiger partial charge in [-0.1, -0.05) is 36.1 Å². The van der Waals surface area contributed by atoms with Crippen molar-refractivity contribution in [3.05, 3.63) is 29.3 Å². The van der Waals surface area contributed by atoms with Crippen LogP contribution in [0.2, 0.25) is 0 Å². The van der Waals surface area contributed by atoms with Crippen LogP contribution in [-0.2, 0) is 9.53 Å². The Hall–Kier alpha value is -2.13. The van der Waals surface area contributed by atoms with Crippen LogP contribution in [-0.4, -0.2) is 34.6 Å². The number of anilines is 2. The molecule has 0 radical (unpaired) electrons. The molecule has 9 heteroatoms. The van der Waals surface area contributed by atoms with Crippen LogP contribution >= 0.6 is 23.1 Å². The van der Waals surface area contributed by atoms with Gasteiger partial charge in [0.1, 0.15) is 5.25 Å². The van der Waals surface area contributed by atoms with E-state index < -0.39 is 6.03 Å². The van der Waals surface area contributed by atoms with Crippen molar-refractivity contribution in [2.75, 3.05) is 17.7 Å². The highest BCUT2D eigenvalue weighted by molar-refractivity contribution is 8.02. The predicted octanol–water partition coefficient (Wildman–Crippen LogP) is 3.84. The molecule has 134 valence electrons. The molecule has 0 fully saturated rings. The van der Waals surface area contributed by atoms with Crippen LogP contribution in [0.3, 0.4) is 0 Å². The molecular formula is C16H20N4O3S2. The van der Waals surface area contributed by atoms with Crippen molar-refractivity contribution in [2.45, 2.75) is 36.8 Å². The molecule has 0 aliphatic rings. The molecule has 0 saturated heterocycles. The number of benzene rings is 1. The van der Waals surface area contributed by atoms with E-state index in [0.29, 0.717) is 21.6 Å². The van der Waals surface area contributed by atoms with Gasteiger partial charge in [0.2, 0.25) is 5.13 Å². The number of esters is 1. The van der Waals surface area contributed by atoms with E-state index in [1.165, 1.54) is 30.2 Å². The maximum atomic E-state index is 12.1. The molecule has 0 bridgehead atoms. The molecule has 2 amide bonds. The zero-order valence-electron chi connectivity index (χ0n) is 14.5. The summed E-state index contributed by atoms with van der Waals surface area (Å²) in [6.07, 6.45) is 0.618. The number of aromatic nitrogens is 2. The summed E-state index contributed by atoms with van der Waals surface area (Å²) in [7, 11) is 1.36. The molecule has 0 aliphatic heterocycles. The molecule has 1 atom stereocenters. The number of hydrogen-bond donors (Lipinski definition) is 2. The fourth-order valence-corrected chi connectivity index (χ4v) is 3.88. The molecule has 2 rings (SSSR count). The number of carbonyl (C=O) groups is 2. The summed E-state index contributed by atoms with van der Waals surface area (Å²) < 4.78 is 5.34. The molecule has 7 nitrogen and oxygen atoms in total. The van der Waals surface area contributed by atoms with Crippen molar-refractivity contribution in [3.63, 3.8) is 0 Å². The third-order valence-corrected chi connectivity index (χ3v) is 5.74. The largest absolute Gasteiger partial charge is 0.468 e. The first kappa shape index (κ1) is 19.2. The fraction of sp³-hybridized carbons (Fsp3) is 0.375. The maximum Gasteiger partial charge on any atom is 0.325 e. The first-order valence-corrected chi connectivity index (χ1v) is 9.35. The van der Waals surface area contributed by atoms with Gasteiger partial charge in [0.15, 0.2) is 4.34 Å². The van der Waals surface area contributed by atoms with E-state index in [0.717, 1.165) is 11.1 Å². The number of hydrogen-bond acceptors (Lipinski definition) is 7. The second-order valence-corrected chi connectivity index (χ2v) is 7.72. The van der Waals surface area contributed by atoms with E-state index in [1.807, 2.05) is 39.0 Å². The quantitative estimate of drug-likeness (QED) is 0.449. The standard InChI is InChI=1S/C16H20N4O3S2/c1-5-12(13(21)23-4)24-16-20-19-15(25-16)18-14(22)17-11-7-6-9(2)10(3)8-11/h6-8,12H,5H2,1-4H3,(H2,17,18,19,22)/t12-/m0/s1. The first-order valence-electron chi connectivity index (χ1n) is 7.66. The highest BCUT2D eigenvalue weighted by Gasteiger charge is 2.21. The Kier molecular flexibility index (Phi) is 6.77. The lowest BCUT2D eigenvalue weighted by atomic mass is 10.1. The Morgan fingerprint density at radius 2 is 2.00 bits per heavy atom. The predicted molar refractivity (Wildman–Crippen MR) is 100 cm³/mol. The zero-order chi connectivity index (χ0) is 18.4. The Bertz CT molecular complexity index is 764. The van der Waals surface area contributed by atoms with Crippen LogP contribution in [0, 0.1) is 13.8 Å². The molecule has 2 N–H and O–H groups in total. The van der Waals surface area contributed by atoms with Crippen molar-refractivity contribution >= 4 is 45.9 Å². The number of rotatable bonds is 6. The Labute approximate surface area is 154 Å². The van der Waals surface area contributed by atoms with Gasteiger partial charge in [-0.05, 0) is 43.5 Å². The van der Waals surface area contributed by atoms with E-state index >= 15 is 0 Å². The second kappa shape index (κ2) is 8.82. The van der Waals surface area contributed by atoms with Crippen LogP contribution in [0.25, 0.3) is 0 Å². The second-order valence-electron chi connectivity index (χ2n) is 5.29. The lowest BCUT2D eigenvalue weighted by molar-refractivity contribution is -0.140. The number of amides is 2. The van der Waals surface area contributed by atoms with Gasteiger partial charge in [0.25, 0.3) is 0 Å². The van der Waals surface area contributed by atoms with Crippen molar-refractivity contribution < 1.29 is 14.3 Å². The molecule has 1 aromatic heterocycles. The third-order valence-electron chi connectivity index (χ3n) is 3.47. The van der Waals surface area contributed by atoms with Gasteiger partial charge in [-0.3, -0.25) is 10.1 Å². The minimum atomic E-state index is -0.393. The number of carbonyl (C=O) groups excluding carboxylic acids is 2. The van der Waals surface area contributed by atoms with Gasteiger partial charge in [0.05, 0.1) is 7.11 Å². The van der Waals surface area contributed by atoms with Gasteiger partial charge in [0, 0.05) is 5.69 Å². The molecular weight excluding hydrogens is 360 g/mol. The van der Waals surface area contributed by atoms with Gasteiger partial charge >= 0.3 is 12.0 Å². The Morgan fingerprint density at radius 1 is 1.24 bits per heavy atom. The van der Waals surface area contributed by atoms with E-state index in [9.17, 15) is 9.59 Å². The van der Waals surface area contributed by atoms with Gasteiger partial charge in [-0.25, -0.2) is 4.79 Å². The summed E-state index contributed by atoms with van der Waals surface area (Å²) in [6, 6.07) is 5.29. The highest BCUT2D eigenvalue weighted by Crippen LogP contribution is 2.30. The zero-order valence-corrected chi connectivity index (χ0v) is 16.1. The SMILES string of the molecule is CC[C@H](Sc1nnc(NC(=O)Nc2ccc(C)c(C)c2)s1)C(=O)OC. The van der Waals surface area contributed by atoms with E-state index in [1.54, 1.807) is 0 Å². The van der Waals surface area contributed by atoms with Crippen molar-refractivity contribution in [3.8, 4) is 0 Å². The molecule has 0 saturated carbocycles. The Morgan fingerprint density at radius 3 is 2.64 bits per heavy atom. The average molecular weight is 380 g/mol. The summed E-state index contributed by atoms with van der Waals surface area (Å²) in [5.74, 6) is -0.301. The highest BCUT2D eigenvalue weighted by atomic mass is 32.2. The summed E-state index contributed by atoms with van der Waals surface area (Å²) in [4.78, 5) is 23.7. The minimum absolute atomic E-state index is 0.301. The van der Waals surface area contributed by atoms with Gasteiger partial charge < -0.3 is 10.1 Å². The van der Waals surface area contributed by atoms with Crippen molar-refractivity contribution in [2.24, 2.45) is 0 Å². The number of nitrogens with zero attached hydrogens (tertiary/aromatic N) is 2. The van der Waals surface area contributed by atoms with Crippen LogP contribution in [0.15, 0.2) is 22.5 Å². The third kappa shape index (κ3) is 5.43. The molecule has 0 unspecified atom stereocenters. The topological polar surface area (TPSA) is 93.2 Å². The van der Waals surface area contributed by atoms with Gasteiger partial charge in [-0.2, -0.15) is 0 Å². The number of aryl methyl sites for hydroxylation is 2. The molecule has 0 spiro atoms. The molecule has 2 aromatic rings.